The number of nitrogens with zero attached hydrogens (tertiary/aromatic N) is 3. The Morgan fingerprint density at radius 3 is 2.40 bits per heavy atom. The fourth-order valence-corrected chi connectivity index (χ4v) is 2.94. The van der Waals surface area contributed by atoms with Crippen LogP contribution in [0.2, 0.25) is 0 Å². The zero-order valence-corrected chi connectivity index (χ0v) is 12.6. The van der Waals surface area contributed by atoms with E-state index >= 15 is 0 Å². The van der Waals surface area contributed by atoms with Gasteiger partial charge < -0.3 is 19.8 Å². The summed E-state index contributed by atoms with van der Waals surface area (Å²) in [6.07, 6.45) is 2.17. The summed E-state index contributed by atoms with van der Waals surface area (Å²) in [5.74, 6) is -1.03. The molecule has 0 aromatic heterocycles. The maximum absolute atomic E-state index is 12.4. The Labute approximate surface area is 120 Å². The second-order valence-corrected chi connectivity index (χ2v) is 6.28. The quantitative estimate of drug-likeness (QED) is 0.831. The van der Waals surface area contributed by atoms with Crippen LogP contribution in [0.5, 0.6) is 0 Å². The molecule has 2 aliphatic rings. The van der Waals surface area contributed by atoms with Crippen molar-refractivity contribution in [2.24, 2.45) is 11.8 Å². The molecule has 0 bridgehead atoms. The molecule has 114 valence electrons. The standard InChI is InChI=1S/C14H25N3O3/c1-10(13(18)19)11-7-17(8-11)14(20)16-6-4-5-12(9-16)15(2)3/h10-12H,4-9H2,1-3H3,(H,18,19). The second kappa shape index (κ2) is 5.99. The Kier molecular flexibility index (Phi) is 4.52. The third-order valence-corrected chi connectivity index (χ3v) is 4.67. The van der Waals surface area contributed by atoms with Gasteiger partial charge in [-0.2, -0.15) is 0 Å². The van der Waals surface area contributed by atoms with E-state index in [9.17, 15) is 9.59 Å². The molecule has 0 aliphatic carbocycles. The van der Waals surface area contributed by atoms with Crippen LogP contribution in [0.1, 0.15) is 19.8 Å². The van der Waals surface area contributed by atoms with E-state index in [0.29, 0.717) is 19.1 Å². The summed E-state index contributed by atoms with van der Waals surface area (Å²) in [5, 5.41) is 8.97. The van der Waals surface area contributed by atoms with Crippen LogP contribution < -0.4 is 0 Å². The molecule has 2 amide bonds. The number of urea groups is 1. The minimum Gasteiger partial charge on any atom is -0.481 e. The van der Waals surface area contributed by atoms with Crippen molar-refractivity contribution in [3.05, 3.63) is 0 Å². The van der Waals surface area contributed by atoms with Crippen LogP contribution in [0.3, 0.4) is 0 Å². The third-order valence-electron chi connectivity index (χ3n) is 4.67. The molecule has 0 spiro atoms. The number of carboxylic acids is 1. The smallest absolute Gasteiger partial charge is 0.320 e. The van der Waals surface area contributed by atoms with Gasteiger partial charge in [0.05, 0.1) is 5.92 Å². The Morgan fingerprint density at radius 2 is 1.85 bits per heavy atom. The van der Waals surface area contributed by atoms with Crippen molar-refractivity contribution < 1.29 is 14.7 Å². The summed E-state index contributed by atoms with van der Waals surface area (Å²) < 4.78 is 0. The fourth-order valence-electron chi connectivity index (χ4n) is 2.94. The van der Waals surface area contributed by atoms with E-state index < -0.39 is 5.97 Å². The Balaban J connectivity index is 1.83. The first kappa shape index (κ1) is 15.1. The number of rotatable bonds is 3. The van der Waals surface area contributed by atoms with Crippen molar-refractivity contribution in [1.29, 1.82) is 0 Å². The molecule has 0 radical (unpaired) electrons. The molecule has 2 rings (SSSR count). The van der Waals surface area contributed by atoms with Gasteiger partial charge in [0.1, 0.15) is 0 Å². The van der Waals surface area contributed by atoms with Gasteiger partial charge in [0.15, 0.2) is 0 Å². The molecule has 6 nitrogen and oxygen atoms in total. The summed E-state index contributed by atoms with van der Waals surface area (Å²) >= 11 is 0. The number of carbonyl (C=O) groups is 2. The molecule has 0 saturated carbocycles. The molecule has 1 N–H and O–H groups in total. The number of aliphatic carboxylic acids is 1. The minimum atomic E-state index is -0.771. The fraction of sp³-hybridized carbons (Fsp3) is 0.857. The topological polar surface area (TPSA) is 64.1 Å². The number of likely N-dealkylation sites (tertiary alicyclic amines) is 2. The van der Waals surface area contributed by atoms with E-state index in [1.54, 1.807) is 11.8 Å². The normalized spacial score (nSPS) is 25.5. The van der Waals surface area contributed by atoms with Gasteiger partial charge >= 0.3 is 12.0 Å². The summed E-state index contributed by atoms with van der Waals surface area (Å²) in [6.45, 7) is 4.48. The van der Waals surface area contributed by atoms with E-state index in [2.05, 4.69) is 4.90 Å². The largest absolute Gasteiger partial charge is 0.481 e. The zero-order valence-electron chi connectivity index (χ0n) is 12.6. The van der Waals surface area contributed by atoms with Crippen molar-refractivity contribution in [2.45, 2.75) is 25.8 Å². The van der Waals surface area contributed by atoms with Crippen LogP contribution in [0, 0.1) is 11.8 Å². The van der Waals surface area contributed by atoms with Crippen LogP contribution in [0.4, 0.5) is 4.79 Å². The van der Waals surface area contributed by atoms with Gasteiger partial charge in [-0.05, 0) is 26.9 Å². The molecular formula is C14H25N3O3. The Morgan fingerprint density at radius 1 is 1.20 bits per heavy atom. The molecule has 2 heterocycles. The van der Waals surface area contributed by atoms with Gasteiger partial charge in [-0.1, -0.05) is 6.92 Å². The molecule has 2 saturated heterocycles. The Hall–Kier alpha value is -1.30. The Bertz CT molecular complexity index is 380. The highest BCUT2D eigenvalue weighted by atomic mass is 16.4. The van der Waals surface area contributed by atoms with Crippen LogP contribution >= 0.6 is 0 Å². The van der Waals surface area contributed by atoms with Crippen LogP contribution in [0.25, 0.3) is 0 Å². The average molecular weight is 283 g/mol. The predicted octanol–water partition coefficient (Wildman–Crippen LogP) is 0.785. The van der Waals surface area contributed by atoms with Crippen molar-refractivity contribution >= 4 is 12.0 Å². The number of carboxylic acid groups (broad SMARTS) is 1. The van der Waals surface area contributed by atoms with Crippen molar-refractivity contribution in [1.82, 2.24) is 14.7 Å². The van der Waals surface area contributed by atoms with Gasteiger partial charge in [-0.3, -0.25) is 4.79 Å². The lowest BCUT2D eigenvalue weighted by atomic mass is 9.87. The molecule has 0 aromatic rings. The first-order valence-electron chi connectivity index (χ1n) is 7.33. The number of likely N-dealkylation sites (N-methyl/N-ethyl adjacent to an activating group) is 1. The highest BCUT2D eigenvalue weighted by Gasteiger charge is 2.39. The van der Waals surface area contributed by atoms with Gasteiger partial charge in [-0.25, -0.2) is 4.79 Å². The monoisotopic (exact) mass is 283 g/mol. The summed E-state index contributed by atoms with van der Waals surface area (Å²) in [6, 6.07) is 0.508. The van der Waals surface area contributed by atoms with Crippen LogP contribution in [-0.2, 0) is 4.79 Å². The number of amides is 2. The zero-order chi connectivity index (χ0) is 14.9. The maximum atomic E-state index is 12.4. The van der Waals surface area contributed by atoms with Crippen molar-refractivity contribution in [2.75, 3.05) is 40.3 Å². The lowest BCUT2D eigenvalue weighted by molar-refractivity contribution is -0.144. The number of carbonyl (C=O) groups excluding carboxylic acids is 1. The lowest BCUT2D eigenvalue weighted by Gasteiger charge is -2.45. The molecule has 6 heteroatoms. The number of hydrogen-bond acceptors (Lipinski definition) is 3. The molecule has 2 aliphatic heterocycles. The second-order valence-electron chi connectivity index (χ2n) is 6.28. The number of piperidine rings is 1. The van der Waals surface area contributed by atoms with Crippen LogP contribution in [-0.4, -0.2) is 78.1 Å². The summed E-state index contributed by atoms with van der Waals surface area (Å²) in [4.78, 5) is 29.1. The van der Waals surface area contributed by atoms with E-state index in [1.165, 1.54) is 0 Å². The molecule has 2 atom stereocenters. The van der Waals surface area contributed by atoms with Gasteiger partial charge in [0.2, 0.25) is 0 Å². The highest BCUT2D eigenvalue weighted by Crippen LogP contribution is 2.26. The van der Waals surface area contributed by atoms with Crippen molar-refractivity contribution in [3.63, 3.8) is 0 Å². The van der Waals surface area contributed by atoms with E-state index in [0.717, 1.165) is 25.9 Å². The first-order chi connectivity index (χ1) is 9.40. The van der Waals surface area contributed by atoms with E-state index in [1.807, 2.05) is 19.0 Å². The van der Waals surface area contributed by atoms with E-state index in [4.69, 9.17) is 5.11 Å². The predicted molar refractivity (Wildman–Crippen MR) is 75.5 cm³/mol. The maximum Gasteiger partial charge on any atom is 0.320 e. The summed E-state index contributed by atoms with van der Waals surface area (Å²) in [5.41, 5.74) is 0. The van der Waals surface area contributed by atoms with Crippen molar-refractivity contribution in [3.8, 4) is 0 Å². The third kappa shape index (κ3) is 3.06. The number of hydrogen-bond donors (Lipinski definition) is 1. The molecule has 20 heavy (non-hydrogen) atoms. The molecule has 2 fully saturated rings. The first-order valence-corrected chi connectivity index (χ1v) is 7.33. The summed E-state index contributed by atoms with van der Waals surface area (Å²) in [7, 11) is 4.10. The highest BCUT2D eigenvalue weighted by molar-refractivity contribution is 5.76. The van der Waals surface area contributed by atoms with Gasteiger partial charge in [-0.15, -0.1) is 0 Å². The molecule has 2 unspecified atom stereocenters. The van der Waals surface area contributed by atoms with Gasteiger partial charge in [0.25, 0.3) is 0 Å². The molecular weight excluding hydrogens is 258 g/mol. The van der Waals surface area contributed by atoms with Crippen LogP contribution in [0.15, 0.2) is 0 Å². The molecule has 0 aromatic carbocycles. The van der Waals surface area contributed by atoms with Gasteiger partial charge in [0, 0.05) is 38.1 Å². The van der Waals surface area contributed by atoms with E-state index in [-0.39, 0.29) is 17.9 Å². The SMILES string of the molecule is CC(C(=O)O)C1CN(C(=O)N2CCCC(N(C)C)C2)C1. The average Bonchev–Trinajstić information content (AvgIpc) is 2.36. The lowest BCUT2D eigenvalue weighted by Crippen LogP contribution is -2.59. The minimum absolute atomic E-state index is 0.0744.